The smallest absolute Gasteiger partial charge is 0.304 e. The summed E-state index contributed by atoms with van der Waals surface area (Å²) in [6.45, 7) is 5.63. The van der Waals surface area contributed by atoms with E-state index in [9.17, 15) is 4.79 Å². The highest BCUT2D eigenvalue weighted by molar-refractivity contribution is 5.66. The van der Waals surface area contributed by atoms with Crippen LogP contribution in [0.2, 0.25) is 0 Å². The average molecular weight is 288 g/mol. The normalized spacial score (nSPS) is 11.0. The van der Waals surface area contributed by atoms with Gasteiger partial charge in [-0.2, -0.15) is 0 Å². The van der Waals surface area contributed by atoms with Gasteiger partial charge in [-0.05, 0) is 19.4 Å². The molecule has 0 atom stereocenters. The number of carboxylic acid groups (broad SMARTS) is 1. The summed E-state index contributed by atoms with van der Waals surface area (Å²) < 4.78 is 5.18. The lowest BCUT2D eigenvalue weighted by molar-refractivity contribution is -0.137. The highest BCUT2D eigenvalue weighted by atomic mass is 16.5. The standard InChI is InChI=1S/C16H20N2O3/c1-12-15(13(2)21-17-12)11-18(9-8-16(19)20)10-14-6-4-3-5-7-14/h3-7H,8-11H2,1-2H3,(H,19,20). The number of carboxylic acids is 1. The van der Waals surface area contributed by atoms with Gasteiger partial charge in [-0.15, -0.1) is 0 Å². The molecule has 0 saturated carbocycles. The fourth-order valence-electron chi connectivity index (χ4n) is 2.26. The van der Waals surface area contributed by atoms with Crippen LogP contribution in [0.25, 0.3) is 0 Å². The Bertz CT molecular complexity index is 573. The van der Waals surface area contributed by atoms with Crippen LogP contribution in [0.4, 0.5) is 0 Å². The average Bonchev–Trinajstić information content (AvgIpc) is 2.77. The molecule has 1 aromatic carbocycles. The van der Waals surface area contributed by atoms with Gasteiger partial charge in [-0.25, -0.2) is 0 Å². The lowest BCUT2D eigenvalue weighted by atomic mass is 10.1. The van der Waals surface area contributed by atoms with Gasteiger partial charge in [0.2, 0.25) is 0 Å². The SMILES string of the molecule is Cc1noc(C)c1CN(CCC(=O)O)Cc1ccccc1. The number of rotatable bonds is 7. The Labute approximate surface area is 124 Å². The van der Waals surface area contributed by atoms with Crippen molar-refractivity contribution in [3.05, 3.63) is 52.9 Å². The Morgan fingerprint density at radius 1 is 1.24 bits per heavy atom. The fourth-order valence-corrected chi connectivity index (χ4v) is 2.26. The second kappa shape index (κ2) is 7.04. The number of aliphatic carboxylic acids is 1. The molecule has 5 nitrogen and oxygen atoms in total. The maximum atomic E-state index is 10.8. The van der Waals surface area contributed by atoms with Crippen molar-refractivity contribution in [2.75, 3.05) is 6.54 Å². The first-order valence-corrected chi connectivity index (χ1v) is 6.96. The number of carbonyl (C=O) groups is 1. The molecule has 0 aliphatic rings. The minimum Gasteiger partial charge on any atom is -0.481 e. The van der Waals surface area contributed by atoms with Crippen LogP contribution in [0.15, 0.2) is 34.9 Å². The Hall–Kier alpha value is -2.14. The van der Waals surface area contributed by atoms with E-state index < -0.39 is 5.97 Å². The first-order chi connectivity index (χ1) is 10.1. The summed E-state index contributed by atoms with van der Waals surface area (Å²) in [5, 5.41) is 12.9. The number of hydrogen-bond acceptors (Lipinski definition) is 4. The van der Waals surface area contributed by atoms with Crippen molar-refractivity contribution in [2.45, 2.75) is 33.4 Å². The first kappa shape index (κ1) is 15.3. The zero-order chi connectivity index (χ0) is 15.2. The van der Waals surface area contributed by atoms with Crippen LogP contribution < -0.4 is 0 Å². The van der Waals surface area contributed by atoms with E-state index in [0.717, 1.165) is 22.6 Å². The topological polar surface area (TPSA) is 66.6 Å². The molecule has 2 rings (SSSR count). The van der Waals surface area contributed by atoms with Crippen LogP contribution in [0.1, 0.15) is 29.0 Å². The molecule has 1 N–H and O–H groups in total. The Balaban J connectivity index is 2.10. The van der Waals surface area contributed by atoms with Crippen molar-refractivity contribution in [2.24, 2.45) is 0 Å². The minimum atomic E-state index is -0.785. The molecule has 0 aliphatic heterocycles. The molecule has 0 unspecified atom stereocenters. The van der Waals surface area contributed by atoms with Crippen molar-refractivity contribution in [3.8, 4) is 0 Å². The predicted octanol–water partition coefficient (Wildman–Crippen LogP) is 2.77. The molecular weight excluding hydrogens is 268 g/mol. The first-order valence-electron chi connectivity index (χ1n) is 6.96. The minimum absolute atomic E-state index is 0.121. The summed E-state index contributed by atoms with van der Waals surface area (Å²) in [6.07, 6.45) is 0.121. The maximum Gasteiger partial charge on any atom is 0.304 e. The van der Waals surface area contributed by atoms with Gasteiger partial charge in [0.15, 0.2) is 0 Å². The molecule has 0 bridgehead atoms. The summed E-state index contributed by atoms with van der Waals surface area (Å²) in [4.78, 5) is 12.9. The molecule has 2 aromatic rings. The highest BCUT2D eigenvalue weighted by Crippen LogP contribution is 2.17. The van der Waals surface area contributed by atoms with Crippen LogP contribution in [0.5, 0.6) is 0 Å². The summed E-state index contributed by atoms with van der Waals surface area (Å²) >= 11 is 0. The summed E-state index contributed by atoms with van der Waals surface area (Å²) in [6, 6.07) is 10.0. The van der Waals surface area contributed by atoms with E-state index in [1.54, 1.807) is 0 Å². The molecule has 5 heteroatoms. The lowest BCUT2D eigenvalue weighted by Crippen LogP contribution is -2.26. The van der Waals surface area contributed by atoms with E-state index in [4.69, 9.17) is 9.63 Å². The molecular formula is C16H20N2O3. The number of benzene rings is 1. The summed E-state index contributed by atoms with van der Waals surface area (Å²) in [5.74, 6) is 0.00714. The maximum absolute atomic E-state index is 10.8. The third-order valence-electron chi connectivity index (χ3n) is 3.45. The fraction of sp³-hybridized carbons (Fsp3) is 0.375. The van der Waals surface area contributed by atoms with E-state index >= 15 is 0 Å². The number of hydrogen-bond donors (Lipinski definition) is 1. The third-order valence-corrected chi connectivity index (χ3v) is 3.45. The van der Waals surface area contributed by atoms with E-state index in [2.05, 4.69) is 10.1 Å². The molecule has 0 amide bonds. The van der Waals surface area contributed by atoms with Gasteiger partial charge in [0.1, 0.15) is 5.76 Å². The van der Waals surface area contributed by atoms with E-state index in [1.807, 2.05) is 44.2 Å². The summed E-state index contributed by atoms with van der Waals surface area (Å²) in [5.41, 5.74) is 3.06. The zero-order valence-corrected chi connectivity index (χ0v) is 12.4. The molecule has 21 heavy (non-hydrogen) atoms. The van der Waals surface area contributed by atoms with Gasteiger partial charge in [0.25, 0.3) is 0 Å². The van der Waals surface area contributed by atoms with Crippen LogP contribution in [-0.4, -0.2) is 27.7 Å². The van der Waals surface area contributed by atoms with E-state index in [1.165, 1.54) is 0 Å². The molecule has 0 radical (unpaired) electrons. The lowest BCUT2D eigenvalue weighted by Gasteiger charge is -2.21. The van der Waals surface area contributed by atoms with Crippen LogP contribution in [-0.2, 0) is 17.9 Å². The van der Waals surface area contributed by atoms with Crippen molar-refractivity contribution < 1.29 is 14.4 Å². The monoisotopic (exact) mass is 288 g/mol. The second-order valence-corrected chi connectivity index (χ2v) is 5.14. The van der Waals surface area contributed by atoms with Gasteiger partial charge in [-0.3, -0.25) is 9.69 Å². The van der Waals surface area contributed by atoms with Gasteiger partial charge in [0, 0.05) is 25.2 Å². The largest absolute Gasteiger partial charge is 0.481 e. The highest BCUT2D eigenvalue weighted by Gasteiger charge is 2.15. The van der Waals surface area contributed by atoms with Crippen LogP contribution in [0, 0.1) is 13.8 Å². The number of aryl methyl sites for hydroxylation is 2. The molecule has 1 aromatic heterocycles. The van der Waals surface area contributed by atoms with Crippen LogP contribution in [0.3, 0.4) is 0 Å². The van der Waals surface area contributed by atoms with E-state index in [0.29, 0.717) is 19.6 Å². The Morgan fingerprint density at radius 2 is 1.95 bits per heavy atom. The van der Waals surface area contributed by atoms with Crippen molar-refractivity contribution in [1.29, 1.82) is 0 Å². The second-order valence-electron chi connectivity index (χ2n) is 5.14. The molecule has 1 heterocycles. The molecule has 112 valence electrons. The molecule has 0 saturated heterocycles. The quantitative estimate of drug-likeness (QED) is 0.848. The number of aromatic nitrogens is 1. The van der Waals surface area contributed by atoms with Gasteiger partial charge < -0.3 is 9.63 Å². The van der Waals surface area contributed by atoms with Crippen molar-refractivity contribution in [1.82, 2.24) is 10.1 Å². The summed E-state index contributed by atoms with van der Waals surface area (Å²) in [7, 11) is 0. The predicted molar refractivity (Wildman–Crippen MR) is 78.8 cm³/mol. The molecule has 0 aliphatic carbocycles. The van der Waals surface area contributed by atoms with Crippen molar-refractivity contribution >= 4 is 5.97 Å². The third kappa shape index (κ3) is 4.43. The Morgan fingerprint density at radius 3 is 2.52 bits per heavy atom. The van der Waals surface area contributed by atoms with Crippen molar-refractivity contribution in [3.63, 3.8) is 0 Å². The molecule has 0 fully saturated rings. The zero-order valence-electron chi connectivity index (χ0n) is 12.4. The van der Waals surface area contributed by atoms with Gasteiger partial charge in [-0.1, -0.05) is 35.5 Å². The van der Waals surface area contributed by atoms with E-state index in [-0.39, 0.29) is 6.42 Å². The molecule has 0 spiro atoms. The van der Waals surface area contributed by atoms with Gasteiger partial charge >= 0.3 is 5.97 Å². The Kier molecular flexibility index (Phi) is 5.11. The van der Waals surface area contributed by atoms with Crippen LogP contribution >= 0.6 is 0 Å². The number of nitrogens with zero attached hydrogens (tertiary/aromatic N) is 2. The van der Waals surface area contributed by atoms with Gasteiger partial charge in [0.05, 0.1) is 12.1 Å².